The van der Waals surface area contributed by atoms with Gasteiger partial charge in [0.25, 0.3) is 0 Å². The molecule has 0 amide bonds. The van der Waals surface area contributed by atoms with Crippen molar-refractivity contribution in [2.75, 3.05) is 11.1 Å². The van der Waals surface area contributed by atoms with Crippen LogP contribution in [0.1, 0.15) is 25.5 Å². The molecule has 0 aliphatic rings. The van der Waals surface area contributed by atoms with E-state index in [4.69, 9.17) is 0 Å². The first-order valence-corrected chi connectivity index (χ1v) is 9.15. The van der Waals surface area contributed by atoms with Crippen molar-refractivity contribution in [3.8, 4) is 0 Å². The zero-order chi connectivity index (χ0) is 18.7. The quantitative estimate of drug-likeness (QED) is 0.402. The first-order valence-electron chi connectivity index (χ1n) is 8.16. The van der Waals surface area contributed by atoms with E-state index in [0.29, 0.717) is 5.65 Å². The van der Waals surface area contributed by atoms with Crippen LogP contribution in [0.25, 0.3) is 5.65 Å². The van der Waals surface area contributed by atoms with Crippen LogP contribution >= 0.6 is 11.8 Å². The lowest BCUT2D eigenvalue weighted by Crippen LogP contribution is -2.22. The van der Waals surface area contributed by atoms with E-state index >= 15 is 0 Å². The van der Waals surface area contributed by atoms with Crippen molar-refractivity contribution in [2.24, 2.45) is 0 Å². The summed E-state index contributed by atoms with van der Waals surface area (Å²) in [6, 6.07) is 12.7. The smallest absolute Gasteiger partial charge is 0.358 e. The summed E-state index contributed by atoms with van der Waals surface area (Å²) in [5.41, 5.74) is 0.0472. The van der Waals surface area contributed by atoms with Crippen LogP contribution in [0.4, 0.5) is 11.5 Å². The number of hydrogen-bond donors (Lipinski definition) is 1. The van der Waals surface area contributed by atoms with Gasteiger partial charge in [-0.05, 0) is 42.5 Å². The largest absolute Gasteiger partial charge is 0.376 e. The second-order valence-corrected chi connectivity index (χ2v) is 7.01. The van der Waals surface area contributed by atoms with Gasteiger partial charge in [-0.2, -0.15) is 0 Å². The van der Waals surface area contributed by atoms with Gasteiger partial charge in [0, 0.05) is 11.1 Å². The minimum absolute atomic E-state index is 0.0225. The third kappa shape index (κ3) is 3.55. The van der Waals surface area contributed by atoms with Crippen molar-refractivity contribution < 1.29 is 4.92 Å². The number of fused-ring (bicyclic) bond motifs is 1. The fourth-order valence-electron chi connectivity index (χ4n) is 2.65. The van der Waals surface area contributed by atoms with Crippen molar-refractivity contribution in [2.45, 2.75) is 24.8 Å². The molecule has 26 heavy (non-hydrogen) atoms. The van der Waals surface area contributed by atoms with Crippen LogP contribution in [-0.4, -0.2) is 20.1 Å². The van der Waals surface area contributed by atoms with Crippen molar-refractivity contribution in [3.63, 3.8) is 0 Å². The van der Waals surface area contributed by atoms with Gasteiger partial charge in [-0.1, -0.05) is 25.1 Å². The molecule has 0 aliphatic heterocycles. The van der Waals surface area contributed by atoms with Gasteiger partial charge < -0.3 is 5.32 Å². The number of thioether (sulfide) groups is 1. The molecule has 3 rings (SSSR count). The Morgan fingerprint density at radius 3 is 2.65 bits per heavy atom. The molecule has 0 saturated carbocycles. The summed E-state index contributed by atoms with van der Waals surface area (Å²) in [5, 5.41) is 14.4. The Labute approximate surface area is 154 Å². The first kappa shape index (κ1) is 17.9. The molecule has 0 aliphatic carbocycles. The molecular formula is C18H18N4O3S. The Hall–Kier alpha value is -2.87. The van der Waals surface area contributed by atoms with Gasteiger partial charge >= 0.3 is 11.2 Å². The second kappa shape index (κ2) is 7.57. The van der Waals surface area contributed by atoms with E-state index in [2.05, 4.69) is 17.2 Å². The van der Waals surface area contributed by atoms with Crippen molar-refractivity contribution in [1.82, 2.24) is 9.38 Å². The SMILES string of the molecule is CCSc1ccc(C(C)Nc2nc3ccccn3c(=O)c2[N+](=O)[O-])cc1. The number of benzene rings is 1. The number of rotatable bonds is 6. The average Bonchev–Trinajstić information content (AvgIpc) is 2.62. The van der Waals surface area contributed by atoms with Crippen LogP contribution in [0.5, 0.6) is 0 Å². The number of anilines is 1. The number of pyridine rings is 1. The molecule has 2 heterocycles. The van der Waals surface area contributed by atoms with Crippen LogP contribution in [0.2, 0.25) is 0 Å². The third-order valence-corrected chi connectivity index (χ3v) is 4.83. The summed E-state index contributed by atoms with van der Waals surface area (Å²) in [6.45, 7) is 3.96. The summed E-state index contributed by atoms with van der Waals surface area (Å²) >= 11 is 1.74. The van der Waals surface area contributed by atoms with Gasteiger partial charge in [-0.15, -0.1) is 11.8 Å². The molecule has 2 aromatic heterocycles. The van der Waals surface area contributed by atoms with E-state index in [9.17, 15) is 14.9 Å². The minimum atomic E-state index is -0.704. The van der Waals surface area contributed by atoms with Gasteiger partial charge in [0.1, 0.15) is 5.65 Å². The lowest BCUT2D eigenvalue weighted by molar-refractivity contribution is -0.385. The lowest BCUT2D eigenvalue weighted by atomic mass is 10.1. The minimum Gasteiger partial charge on any atom is -0.358 e. The standard InChI is InChI=1S/C18H18N4O3S/c1-3-26-14-9-7-13(8-10-14)12(2)19-17-16(22(24)25)18(23)21-11-5-4-6-15(21)20-17/h4-12,19H,3H2,1-2H3. The summed E-state index contributed by atoms with van der Waals surface area (Å²) in [7, 11) is 0. The molecule has 1 N–H and O–H groups in total. The molecule has 0 saturated heterocycles. The summed E-state index contributed by atoms with van der Waals surface area (Å²) in [5.74, 6) is 0.968. The van der Waals surface area contributed by atoms with Gasteiger partial charge in [-0.3, -0.25) is 19.3 Å². The topological polar surface area (TPSA) is 89.5 Å². The highest BCUT2D eigenvalue weighted by Gasteiger charge is 2.24. The molecule has 134 valence electrons. The van der Waals surface area contributed by atoms with E-state index in [-0.39, 0.29) is 11.9 Å². The predicted molar refractivity (Wildman–Crippen MR) is 103 cm³/mol. The Morgan fingerprint density at radius 2 is 2.00 bits per heavy atom. The maximum absolute atomic E-state index is 12.5. The Kier molecular flexibility index (Phi) is 5.22. The molecule has 8 heteroatoms. The van der Waals surface area contributed by atoms with Crippen LogP contribution in [0.3, 0.4) is 0 Å². The number of nitrogens with zero attached hydrogens (tertiary/aromatic N) is 3. The molecular weight excluding hydrogens is 352 g/mol. The zero-order valence-corrected chi connectivity index (χ0v) is 15.2. The number of nitro groups is 1. The third-order valence-electron chi connectivity index (χ3n) is 3.94. The maximum atomic E-state index is 12.5. The molecule has 1 aromatic carbocycles. The highest BCUT2D eigenvalue weighted by Crippen LogP contribution is 2.26. The Bertz CT molecular complexity index is 1000. The van der Waals surface area contributed by atoms with Crippen LogP contribution in [-0.2, 0) is 0 Å². The normalized spacial score (nSPS) is 12.1. The maximum Gasteiger partial charge on any atom is 0.376 e. The van der Waals surface area contributed by atoms with Crippen molar-refractivity contribution in [3.05, 3.63) is 74.7 Å². The Balaban J connectivity index is 1.98. The highest BCUT2D eigenvalue weighted by molar-refractivity contribution is 7.99. The fourth-order valence-corrected chi connectivity index (χ4v) is 3.31. The number of nitrogens with one attached hydrogen (secondary N) is 1. The monoisotopic (exact) mass is 370 g/mol. The summed E-state index contributed by atoms with van der Waals surface area (Å²) in [6.07, 6.45) is 1.47. The molecule has 0 bridgehead atoms. The molecule has 0 fully saturated rings. The molecule has 3 aromatic rings. The molecule has 7 nitrogen and oxygen atoms in total. The van der Waals surface area contributed by atoms with Crippen LogP contribution in [0, 0.1) is 10.1 Å². The van der Waals surface area contributed by atoms with Gasteiger partial charge in [-0.25, -0.2) is 4.98 Å². The average molecular weight is 370 g/mol. The zero-order valence-electron chi connectivity index (χ0n) is 14.4. The molecule has 1 atom stereocenters. The molecule has 1 unspecified atom stereocenters. The lowest BCUT2D eigenvalue weighted by Gasteiger charge is -2.15. The van der Waals surface area contributed by atoms with E-state index in [1.807, 2.05) is 31.2 Å². The van der Waals surface area contributed by atoms with Gasteiger partial charge in [0.2, 0.25) is 5.82 Å². The van der Waals surface area contributed by atoms with Crippen LogP contribution < -0.4 is 10.9 Å². The van der Waals surface area contributed by atoms with Crippen molar-refractivity contribution >= 4 is 28.9 Å². The van der Waals surface area contributed by atoms with E-state index in [1.165, 1.54) is 10.6 Å². The van der Waals surface area contributed by atoms with E-state index in [0.717, 1.165) is 16.2 Å². The van der Waals surface area contributed by atoms with E-state index in [1.54, 1.807) is 30.0 Å². The first-order chi connectivity index (χ1) is 12.5. The van der Waals surface area contributed by atoms with Gasteiger partial charge in [0.05, 0.1) is 11.0 Å². The summed E-state index contributed by atoms with van der Waals surface area (Å²) in [4.78, 5) is 28.6. The molecule has 0 spiro atoms. The number of hydrogen-bond acceptors (Lipinski definition) is 6. The van der Waals surface area contributed by atoms with Crippen molar-refractivity contribution in [1.29, 1.82) is 0 Å². The second-order valence-electron chi connectivity index (χ2n) is 5.67. The highest BCUT2D eigenvalue weighted by atomic mass is 32.2. The molecule has 0 radical (unpaired) electrons. The Morgan fingerprint density at radius 1 is 1.27 bits per heavy atom. The van der Waals surface area contributed by atoms with Gasteiger partial charge in [0.15, 0.2) is 0 Å². The summed E-state index contributed by atoms with van der Waals surface area (Å²) < 4.78 is 1.17. The van der Waals surface area contributed by atoms with Crippen LogP contribution in [0.15, 0.2) is 58.4 Å². The fraction of sp³-hybridized carbons (Fsp3) is 0.222. The predicted octanol–water partition coefficient (Wildman–Crippen LogP) is 3.89. The number of aromatic nitrogens is 2. The van der Waals surface area contributed by atoms with E-state index < -0.39 is 16.2 Å².